The maximum absolute atomic E-state index is 3.58. The van der Waals surface area contributed by atoms with Gasteiger partial charge >= 0.3 is 0 Å². The summed E-state index contributed by atoms with van der Waals surface area (Å²) < 4.78 is 0. The first-order valence-corrected chi connectivity index (χ1v) is 7.65. The second kappa shape index (κ2) is 4.64. The summed E-state index contributed by atoms with van der Waals surface area (Å²) in [7, 11) is 0. The molecule has 3 heteroatoms. The van der Waals surface area contributed by atoms with E-state index in [4.69, 9.17) is 0 Å². The summed E-state index contributed by atoms with van der Waals surface area (Å²) in [5, 5.41) is 3.58. The maximum Gasteiger partial charge on any atom is 0.0264 e. The highest BCUT2D eigenvalue weighted by Gasteiger charge is 2.38. The van der Waals surface area contributed by atoms with E-state index in [1.54, 1.807) is 0 Å². The lowest BCUT2D eigenvalue weighted by molar-refractivity contribution is 0.0815. The minimum Gasteiger partial charge on any atom is -0.315 e. The van der Waals surface area contributed by atoms with E-state index in [0.717, 1.165) is 18.0 Å². The number of hydrogen-bond donors (Lipinski definition) is 1. The highest BCUT2D eigenvalue weighted by atomic mass is 32.2. The monoisotopic (exact) mass is 226 g/mol. The van der Waals surface area contributed by atoms with Crippen molar-refractivity contribution < 1.29 is 0 Å². The molecule has 0 amide bonds. The van der Waals surface area contributed by atoms with Crippen molar-refractivity contribution in [1.29, 1.82) is 0 Å². The maximum atomic E-state index is 3.58. The van der Waals surface area contributed by atoms with Crippen LogP contribution >= 0.6 is 11.8 Å². The minimum absolute atomic E-state index is 0.877. The molecule has 3 aliphatic rings. The van der Waals surface area contributed by atoms with Crippen molar-refractivity contribution in [2.45, 2.75) is 37.8 Å². The molecule has 2 nitrogen and oxygen atoms in total. The Hall–Kier alpha value is 0.270. The Balaban J connectivity index is 1.67. The van der Waals surface area contributed by atoms with Gasteiger partial charge in [-0.15, -0.1) is 0 Å². The number of likely N-dealkylation sites (tertiary alicyclic amines) is 1. The van der Waals surface area contributed by atoms with Crippen molar-refractivity contribution in [1.82, 2.24) is 10.2 Å². The molecule has 1 N–H and O–H groups in total. The second-order valence-corrected chi connectivity index (χ2v) is 6.39. The first-order chi connectivity index (χ1) is 7.45. The molecule has 0 aromatic heterocycles. The summed E-state index contributed by atoms with van der Waals surface area (Å²) in [6, 6.07) is 1.78. The van der Waals surface area contributed by atoms with Gasteiger partial charge in [0.25, 0.3) is 0 Å². The van der Waals surface area contributed by atoms with E-state index in [0.29, 0.717) is 0 Å². The summed E-state index contributed by atoms with van der Waals surface area (Å²) in [6.07, 6.45) is 5.80. The van der Waals surface area contributed by atoms with Crippen LogP contribution < -0.4 is 5.32 Å². The van der Waals surface area contributed by atoms with Crippen LogP contribution in [0.4, 0.5) is 0 Å². The van der Waals surface area contributed by atoms with Crippen molar-refractivity contribution in [2.75, 3.05) is 31.1 Å². The molecule has 86 valence electrons. The highest BCUT2D eigenvalue weighted by Crippen LogP contribution is 2.32. The van der Waals surface area contributed by atoms with Gasteiger partial charge in [-0.05, 0) is 50.4 Å². The van der Waals surface area contributed by atoms with Crippen molar-refractivity contribution in [2.24, 2.45) is 5.92 Å². The molecule has 3 fully saturated rings. The van der Waals surface area contributed by atoms with Crippen LogP contribution in [0.3, 0.4) is 0 Å². The zero-order valence-electron chi connectivity index (χ0n) is 9.45. The number of piperidine rings is 1. The third-order valence-electron chi connectivity index (χ3n) is 4.33. The Bertz CT molecular complexity index is 216. The topological polar surface area (TPSA) is 15.3 Å². The first kappa shape index (κ1) is 10.4. The molecular weight excluding hydrogens is 204 g/mol. The lowest BCUT2D eigenvalue weighted by atomic mass is 9.90. The number of rotatable bonds is 1. The molecule has 0 aromatic rings. The Morgan fingerprint density at radius 1 is 1.13 bits per heavy atom. The minimum atomic E-state index is 0.877. The smallest absolute Gasteiger partial charge is 0.0264 e. The molecule has 0 saturated carbocycles. The molecule has 3 atom stereocenters. The van der Waals surface area contributed by atoms with Gasteiger partial charge in [-0.25, -0.2) is 0 Å². The van der Waals surface area contributed by atoms with E-state index in [9.17, 15) is 0 Å². The number of thioether (sulfide) groups is 1. The summed E-state index contributed by atoms with van der Waals surface area (Å²) in [5.74, 6) is 3.76. The Kier molecular flexibility index (Phi) is 3.23. The van der Waals surface area contributed by atoms with Crippen LogP contribution in [0, 0.1) is 5.92 Å². The molecule has 3 aliphatic heterocycles. The molecule has 0 aliphatic carbocycles. The Morgan fingerprint density at radius 2 is 2.13 bits per heavy atom. The van der Waals surface area contributed by atoms with E-state index in [2.05, 4.69) is 22.0 Å². The molecule has 0 aromatic carbocycles. The van der Waals surface area contributed by atoms with E-state index >= 15 is 0 Å². The van der Waals surface area contributed by atoms with Gasteiger partial charge in [0.15, 0.2) is 0 Å². The van der Waals surface area contributed by atoms with Gasteiger partial charge in [-0.3, -0.25) is 4.90 Å². The zero-order chi connectivity index (χ0) is 10.1. The molecule has 3 unspecified atom stereocenters. The van der Waals surface area contributed by atoms with Gasteiger partial charge in [0, 0.05) is 24.4 Å². The number of hydrogen-bond acceptors (Lipinski definition) is 3. The summed E-state index contributed by atoms with van der Waals surface area (Å²) in [6.45, 7) is 3.90. The fraction of sp³-hybridized carbons (Fsp3) is 1.00. The molecule has 0 spiro atoms. The third kappa shape index (κ3) is 2.06. The fourth-order valence-electron chi connectivity index (χ4n) is 3.54. The average molecular weight is 226 g/mol. The van der Waals surface area contributed by atoms with Crippen LogP contribution in [0.25, 0.3) is 0 Å². The van der Waals surface area contributed by atoms with E-state index in [1.165, 1.54) is 56.8 Å². The van der Waals surface area contributed by atoms with Crippen molar-refractivity contribution in [3.05, 3.63) is 0 Å². The molecule has 0 radical (unpaired) electrons. The van der Waals surface area contributed by atoms with Crippen LogP contribution in [0.2, 0.25) is 0 Å². The van der Waals surface area contributed by atoms with Gasteiger partial charge in [0.05, 0.1) is 0 Å². The van der Waals surface area contributed by atoms with Gasteiger partial charge in [0.1, 0.15) is 0 Å². The van der Waals surface area contributed by atoms with Gasteiger partial charge in [-0.1, -0.05) is 0 Å². The molecule has 0 bridgehead atoms. The van der Waals surface area contributed by atoms with E-state index in [1.807, 2.05) is 0 Å². The molecule has 3 heterocycles. The summed E-state index contributed by atoms with van der Waals surface area (Å²) >= 11 is 2.17. The fourth-order valence-corrected chi connectivity index (χ4v) is 4.71. The van der Waals surface area contributed by atoms with Crippen molar-refractivity contribution in [3.63, 3.8) is 0 Å². The number of nitrogens with one attached hydrogen (secondary N) is 1. The van der Waals surface area contributed by atoms with Gasteiger partial charge in [0.2, 0.25) is 0 Å². The van der Waals surface area contributed by atoms with Crippen LogP contribution in [0.1, 0.15) is 25.7 Å². The van der Waals surface area contributed by atoms with Crippen molar-refractivity contribution >= 4 is 11.8 Å². The van der Waals surface area contributed by atoms with E-state index < -0.39 is 0 Å². The van der Waals surface area contributed by atoms with Crippen LogP contribution in [0.5, 0.6) is 0 Å². The van der Waals surface area contributed by atoms with Crippen LogP contribution in [0.15, 0.2) is 0 Å². The largest absolute Gasteiger partial charge is 0.315 e. The van der Waals surface area contributed by atoms with Crippen LogP contribution in [-0.2, 0) is 0 Å². The van der Waals surface area contributed by atoms with Gasteiger partial charge in [-0.2, -0.15) is 11.8 Å². The second-order valence-electron chi connectivity index (χ2n) is 5.24. The quantitative estimate of drug-likeness (QED) is 0.730. The number of nitrogens with zero attached hydrogens (tertiary/aromatic N) is 1. The average Bonchev–Trinajstić information content (AvgIpc) is 2.78. The standard InChI is InChI=1S/C12H22N2S/c1-3-10-7-13-8-12(10)14(5-1)11-4-2-6-15-9-11/h10-13H,1-9H2. The first-order valence-electron chi connectivity index (χ1n) is 6.49. The lowest BCUT2D eigenvalue weighted by Crippen LogP contribution is -2.52. The molecular formula is C12H22N2S. The van der Waals surface area contributed by atoms with Gasteiger partial charge < -0.3 is 5.32 Å². The molecule has 3 rings (SSSR count). The predicted molar refractivity (Wildman–Crippen MR) is 66.4 cm³/mol. The Morgan fingerprint density at radius 3 is 3.00 bits per heavy atom. The summed E-state index contributed by atoms with van der Waals surface area (Å²) in [4.78, 5) is 2.85. The van der Waals surface area contributed by atoms with Crippen molar-refractivity contribution in [3.8, 4) is 0 Å². The SMILES string of the molecule is C1CSCC(N2CCCC3CNCC32)C1. The predicted octanol–water partition coefficient (Wildman–Crippen LogP) is 1.57. The summed E-state index contributed by atoms with van der Waals surface area (Å²) in [5.41, 5.74) is 0. The number of fused-ring (bicyclic) bond motifs is 1. The van der Waals surface area contributed by atoms with E-state index in [-0.39, 0.29) is 0 Å². The highest BCUT2D eigenvalue weighted by molar-refractivity contribution is 7.99. The lowest BCUT2D eigenvalue weighted by Gasteiger charge is -2.43. The normalized spacial score (nSPS) is 42.8. The molecule has 15 heavy (non-hydrogen) atoms. The third-order valence-corrected chi connectivity index (χ3v) is 5.52. The molecule has 3 saturated heterocycles. The zero-order valence-corrected chi connectivity index (χ0v) is 10.3. The Labute approximate surface area is 97.2 Å². The van der Waals surface area contributed by atoms with Crippen LogP contribution in [-0.4, -0.2) is 48.1 Å².